The number of halogens is 1. The Morgan fingerprint density at radius 2 is 1.81 bits per heavy atom. The highest BCUT2D eigenvalue weighted by atomic mass is 35.5. The monoisotopic (exact) mass is 303 g/mol. The second-order valence-corrected chi connectivity index (χ2v) is 6.12. The Morgan fingerprint density at radius 1 is 1.10 bits per heavy atom. The Kier molecular flexibility index (Phi) is 4.73. The summed E-state index contributed by atoms with van der Waals surface area (Å²) in [5.74, 6) is 0.730. The van der Waals surface area contributed by atoms with Crippen molar-refractivity contribution in [2.24, 2.45) is 0 Å². The zero-order valence-corrected chi connectivity index (χ0v) is 13.3. The molecule has 0 aliphatic carbocycles. The lowest BCUT2D eigenvalue weighted by Crippen LogP contribution is -2.46. The number of aromatic nitrogens is 1. The summed E-state index contributed by atoms with van der Waals surface area (Å²) < 4.78 is 0. The maximum atomic E-state index is 5.82. The molecule has 0 N–H and O–H groups in total. The van der Waals surface area contributed by atoms with Crippen LogP contribution in [0.1, 0.15) is 11.3 Å². The molecule has 1 saturated heterocycles. The van der Waals surface area contributed by atoms with Crippen molar-refractivity contribution in [1.82, 2.24) is 14.8 Å². The lowest BCUT2D eigenvalue weighted by Gasteiger charge is -2.34. The first-order valence-corrected chi connectivity index (χ1v) is 8.15. The van der Waals surface area contributed by atoms with Gasteiger partial charge in [-0.15, -0.1) is 11.6 Å². The highest BCUT2D eigenvalue weighted by Gasteiger charge is 2.17. The van der Waals surface area contributed by atoms with Crippen molar-refractivity contribution in [3.05, 3.63) is 41.6 Å². The molecule has 4 heteroatoms. The summed E-state index contributed by atoms with van der Waals surface area (Å²) in [5.41, 5.74) is 3.60. The average Bonchev–Trinajstić information content (AvgIpc) is 2.49. The van der Waals surface area contributed by atoms with Gasteiger partial charge in [0.15, 0.2) is 0 Å². The minimum Gasteiger partial charge on any atom is -0.300 e. The first-order chi connectivity index (χ1) is 10.3. The summed E-state index contributed by atoms with van der Waals surface area (Å²) in [6.07, 6.45) is 0. The molecule has 21 heavy (non-hydrogen) atoms. The molecular formula is C17H22ClN3. The van der Waals surface area contributed by atoms with Gasteiger partial charge in [-0.1, -0.05) is 18.2 Å². The number of rotatable bonds is 4. The van der Waals surface area contributed by atoms with E-state index < -0.39 is 0 Å². The van der Waals surface area contributed by atoms with E-state index in [1.807, 2.05) is 0 Å². The number of hydrogen-bond donors (Lipinski definition) is 0. The van der Waals surface area contributed by atoms with Gasteiger partial charge in [-0.05, 0) is 24.6 Å². The standard InChI is InChI=1S/C17H22ClN3/c1-14-12-15(16-4-2-3-5-17(16)19-14)13-21-10-8-20(7-6-18)9-11-21/h2-5,12H,6-11,13H2,1H3. The number of nitrogens with zero attached hydrogens (tertiary/aromatic N) is 3. The molecule has 112 valence electrons. The van der Waals surface area contributed by atoms with E-state index in [4.69, 9.17) is 11.6 Å². The summed E-state index contributed by atoms with van der Waals surface area (Å²) >= 11 is 5.82. The molecule has 3 rings (SSSR count). The van der Waals surface area contributed by atoms with Crippen LogP contribution in [0, 0.1) is 6.92 Å². The van der Waals surface area contributed by atoms with Crippen LogP contribution in [0.25, 0.3) is 10.9 Å². The maximum absolute atomic E-state index is 5.82. The molecule has 1 aliphatic heterocycles. The van der Waals surface area contributed by atoms with Gasteiger partial charge in [-0.2, -0.15) is 0 Å². The lowest BCUT2D eigenvalue weighted by molar-refractivity contribution is 0.133. The quantitative estimate of drug-likeness (QED) is 0.810. The van der Waals surface area contributed by atoms with Crippen LogP contribution in [0.2, 0.25) is 0 Å². The number of aryl methyl sites for hydroxylation is 1. The second kappa shape index (κ2) is 6.73. The van der Waals surface area contributed by atoms with E-state index in [1.54, 1.807) is 0 Å². The molecule has 0 bridgehead atoms. The van der Waals surface area contributed by atoms with Crippen molar-refractivity contribution in [3.8, 4) is 0 Å². The fourth-order valence-electron chi connectivity index (χ4n) is 3.06. The molecule has 0 spiro atoms. The first kappa shape index (κ1) is 14.8. The molecule has 1 aromatic heterocycles. The molecule has 0 saturated carbocycles. The van der Waals surface area contributed by atoms with E-state index in [2.05, 4.69) is 52.0 Å². The minimum atomic E-state index is 0.730. The Balaban J connectivity index is 1.74. The summed E-state index contributed by atoms with van der Waals surface area (Å²) in [5, 5.41) is 1.28. The van der Waals surface area contributed by atoms with E-state index in [-0.39, 0.29) is 0 Å². The molecular weight excluding hydrogens is 282 g/mol. The molecule has 1 aromatic carbocycles. The average molecular weight is 304 g/mol. The van der Waals surface area contributed by atoms with Crippen LogP contribution in [-0.4, -0.2) is 53.4 Å². The van der Waals surface area contributed by atoms with Crippen LogP contribution in [0.5, 0.6) is 0 Å². The number of para-hydroxylation sites is 1. The third-order valence-corrected chi connectivity index (χ3v) is 4.36. The smallest absolute Gasteiger partial charge is 0.0708 e. The van der Waals surface area contributed by atoms with Gasteiger partial charge in [0, 0.05) is 56.2 Å². The number of piperazine rings is 1. The van der Waals surface area contributed by atoms with Crippen LogP contribution < -0.4 is 0 Å². The van der Waals surface area contributed by atoms with Gasteiger partial charge < -0.3 is 0 Å². The fourth-order valence-corrected chi connectivity index (χ4v) is 3.30. The van der Waals surface area contributed by atoms with Gasteiger partial charge in [-0.25, -0.2) is 0 Å². The van der Waals surface area contributed by atoms with Gasteiger partial charge in [0.05, 0.1) is 5.52 Å². The number of hydrogen-bond acceptors (Lipinski definition) is 3. The predicted octanol–water partition coefficient (Wildman–Crippen LogP) is 2.90. The van der Waals surface area contributed by atoms with Crippen LogP contribution in [0.15, 0.2) is 30.3 Å². The molecule has 2 heterocycles. The molecule has 0 radical (unpaired) electrons. The number of alkyl halides is 1. The van der Waals surface area contributed by atoms with Crippen molar-refractivity contribution in [2.75, 3.05) is 38.6 Å². The zero-order valence-electron chi connectivity index (χ0n) is 12.6. The van der Waals surface area contributed by atoms with Gasteiger partial charge in [-0.3, -0.25) is 14.8 Å². The maximum Gasteiger partial charge on any atom is 0.0708 e. The molecule has 1 fully saturated rings. The first-order valence-electron chi connectivity index (χ1n) is 7.62. The summed E-state index contributed by atoms with van der Waals surface area (Å²) in [6.45, 7) is 8.57. The number of pyridine rings is 1. The highest BCUT2D eigenvalue weighted by molar-refractivity contribution is 6.18. The summed E-state index contributed by atoms with van der Waals surface area (Å²) in [6, 6.07) is 10.7. The molecule has 0 unspecified atom stereocenters. The molecule has 0 atom stereocenters. The van der Waals surface area contributed by atoms with E-state index >= 15 is 0 Å². The van der Waals surface area contributed by atoms with Crippen LogP contribution in [0.4, 0.5) is 0 Å². The number of benzene rings is 1. The Bertz CT molecular complexity index is 606. The van der Waals surface area contributed by atoms with Gasteiger partial charge in [0.25, 0.3) is 0 Å². The van der Waals surface area contributed by atoms with Crippen molar-refractivity contribution < 1.29 is 0 Å². The predicted molar refractivity (Wildman–Crippen MR) is 88.9 cm³/mol. The molecule has 3 nitrogen and oxygen atoms in total. The zero-order chi connectivity index (χ0) is 14.7. The molecule has 0 amide bonds. The van der Waals surface area contributed by atoms with Crippen LogP contribution >= 0.6 is 11.6 Å². The van der Waals surface area contributed by atoms with Crippen LogP contribution in [0.3, 0.4) is 0 Å². The van der Waals surface area contributed by atoms with Gasteiger partial charge >= 0.3 is 0 Å². The van der Waals surface area contributed by atoms with E-state index in [1.165, 1.54) is 10.9 Å². The van der Waals surface area contributed by atoms with Gasteiger partial charge in [0.2, 0.25) is 0 Å². The van der Waals surface area contributed by atoms with Crippen molar-refractivity contribution in [3.63, 3.8) is 0 Å². The van der Waals surface area contributed by atoms with Crippen molar-refractivity contribution in [2.45, 2.75) is 13.5 Å². The Morgan fingerprint density at radius 3 is 2.57 bits per heavy atom. The largest absolute Gasteiger partial charge is 0.300 e. The fraction of sp³-hybridized carbons (Fsp3) is 0.471. The van der Waals surface area contributed by atoms with E-state index in [9.17, 15) is 0 Å². The minimum absolute atomic E-state index is 0.730. The summed E-state index contributed by atoms with van der Waals surface area (Å²) in [7, 11) is 0. The second-order valence-electron chi connectivity index (χ2n) is 5.75. The Hall–Kier alpha value is -1.16. The van der Waals surface area contributed by atoms with Gasteiger partial charge in [0.1, 0.15) is 0 Å². The molecule has 2 aromatic rings. The topological polar surface area (TPSA) is 19.4 Å². The van der Waals surface area contributed by atoms with E-state index in [0.717, 1.165) is 56.4 Å². The van der Waals surface area contributed by atoms with Crippen LogP contribution in [-0.2, 0) is 6.54 Å². The van der Waals surface area contributed by atoms with E-state index in [0.29, 0.717) is 0 Å². The summed E-state index contributed by atoms with van der Waals surface area (Å²) in [4.78, 5) is 9.60. The Labute approximate surface area is 131 Å². The third kappa shape index (κ3) is 3.54. The highest BCUT2D eigenvalue weighted by Crippen LogP contribution is 2.20. The SMILES string of the molecule is Cc1cc(CN2CCN(CCCl)CC2)c2ccccc2n1. The van der Waals surface area contributed by atoms with Crippen molar-refractivity contribution >= 4 is 22.5 Å². The van der Waals surface area contributed by atoms with Crippen molar-refractivity contribution in [1.29, 1.82) is 0 Å². The normalized spacial score (nSPS) is 17.4. The number of fused-ring (bicyclic) bond motifs is 1. The molecule has 1 aliphatic rings. The lowest BCUT2D eigenvalue weighted by atomic mass is 10.1. The third-order valence-electron chi connectivity index (χ3n) is 4.19.